The number of hydrogen-bond acceptors (Lipinski definition) is 3. The Morgan fingerprint density at radius 1 is 1.13 bits per heavy atom. The van der Waals surface area contributed by atoms with E-state index in [2.05, 4.69) is 0 Å². The molecule has 0 aromatic heterocycles. The molecule has 0 aliphatic heterocycles. The van der Waals surface area contributed by atoms with Crippen LogP contribution in [0.15, 0.2) is 0 Å². The molecular weight excluding hydrogens is 234 g/mol. The third kappa shape index (κ3) is 4.36. The minimum atomic E-state index is -5.76. The van der Waals surface area contributed by atoms with Crippen molar-refractivity contribution in [2.75, 3.05) is 0 Å². The maximum Gasteiger partial charge on any atom is 0.403 e. The van der Waals surface area contributed by atoms with Crippen LogP contribution in [0, 0.1) is 5.92 Å². The summed E-state index contributed by atoms with van der Waals surface area (Å²) in [6, 6.07) is 0. The number of aliphatic carboxylic acids is 1. The van der Waals surface area contributed by atoms with Crippen LogP contribution in [0.4, 0.5) is 26.3 Å². The van der Waals surface area contributed by atoms with Gasteiger partial charge >= 0.3 is 12.4 Å². The molecule has 0 heterocycles. The molecule has 0 bridgehead atoms. The topological polar surface area (TPSA) is 60.4 Å². The number of carboxylic acids is 1. The van der Waals surface area contributed by atoms with E-state index in [9.17, 15) is 36.2 Å². The van der Waals surface area contributed by atoms with Gasteiger partial charge in [0.1, 0.15) is 0 Å². The molecule has 0 saturated carbocycles. The number of hydrogen-bond donors (Lipinski definition) is 1. The van der Waals surface area contributed by atoms with Crippen molar-refractivity contribution in [3.8, 4) is 0 Å². The summed E-state index contributed by atoms with van der Waals surface area (Å²) in [5, 5.41) is 18.3. The Labute approximate surface area is 79.3 Å². The largest absolute Gasteiger partial charge is 0.550 e. The van der Waals surface area contributed by atoms with Crippen LogP contribution in [0.3, 0.4) is 0 Å². The van der Waals surface area contributed by atoms with Gasteiger partial charge in [-0.25, -0.2) is 0 Å². The zero-order chi connectivity index (χ0) is 12.4. The van der Waals surface area contributed by atoms with E-state index in [1.807, 2.05) is 0 Å². The van der Waals surface area contributed by atoms with Gasteiger partial charge in [-0.1, -0.05) is 0 Å². The van der Waals surface area contributed by atoms with Crippen LogP contribution >= 0.6 is 0 Å². The molecular formula is C6H5F6O3-. The molecule has 0 aliphatic rings. The molecule has 0 saturated heterocycles. The molecule has 0 radical (unpaired) electrons. The first-order valence-electron chi connectivity index (χ1n) is 3.47. The summed E-state index contributed by atoms with van der Waals surface area (Å²) in [6.45, 7) is 0. The molecule has 0 rings (SSSR count). The minimum absolute atomic E-state index is 1.73. The van der Waals surface area contributed by atoms with E-state index in [0.29, 0.717) is 0 Å². The number of carbonyl (C=O) groups excluding carboxylic acids is 1. The van der Waals surface area contributed by atoms with Gasteiger partial charge in [-0.15, -0.1) is 0 Å². The van der Waals surface area contributed by atoms with Crippen LogP contribution in [0.1, 0.15) is 6.42 Å². The number of halogens is 6. The first kappa shape index (κ1) is 14.0. The van der Waals surface area contributed by atoms with Crippen molar-refractivity contribution in [2.45, 2.75) is 24.9 Å². The second-order valence-electron chi connectivity index (χ2n) is 2.70. The van der Waals surface area contributed by atoms with Crippen molar-refractivity contribution in [1.82, 2.24) is 0 Å². The Balaban J connectivity index is 4.88. The molecule has 3 nitrogen and oxygen atoms in total. The summed E-state index contributed by atoms with van der Waals surface area (Å²) in [6.07, 6.45) is -16.3. The number of carboxylic acid groups (broad SMARTS) is 1. The van der Waals surface area contributed by atoms with Crippen LogP contribution in [-0.4, -0.2) is 29.5 Å². The Morgan fingerprint density at radius 3 is 1.67 bits per heavy atom. The van der Waals surface area contributed by atoms with E-state index >= 15 is 0 Å². The highest BCUT2D eigenvalue weighted by molar-refractivity contribution is 5.64. The third-order valence-corrected chi connectivity index (χ3v) is 1.47. The molecule has 9 heteroatoms. The number of aliphatic hydroxyl groups excluding tert-OH is 1. The van der Waals surface area contributed by atoms with E-state index < -0.39 is 36.8 Å². The molecule has 1 atom stereocenters. The predicted octanol–water partition coefficient (Wildman–Crippen LogP) is 0.228. The zero-order valence-corrected chi connectivity index (χ0v) is 6.89. The van der Waals surface area contributed by atoms with Gasteiger partial charge in [-0.05, 0) is 0 Å². The van der Waals surface area contributed by atoms with Crippen LogP contribution in [0.25, 0.3) is 0 Å². The van der Waals surface area contributed by atoms with Gasteiger partial charge in [-0.2, -0.15) is 26.3 Å². The summed E-state index contributed by atoms with van der Waals surface area (Å²) in [5.41, 5.74) is 0. The average Bonchev–Trinajstić information content (AvgIpc) is 1.74. The quantitative estimate of drug-likeness (QED) is 0.717. The monoisotopic (exact) mass is 239 g/mol. The van der Waals surface area contributed by atoms with Crippen LogP contribution < -0.4 is 5.11 Å². The lowest BCUT2D eigenvalue weighted by Crippen LogP contribution is -2.46. The summed E-state index contributed by atoms with van der Waals surface area (Å²) in [5.74, 6) is -6.27. The minimum Gasteiger partial charge on any atom is -0.550 e. The first-order chi connectivity index (χ1) is 6.46. The molecule has 0 aromatic carbocycles. The van der Waals surface area contributed by atoms with Crippen LogP contribution in [0.2, 0.25) is 0 Å². The molecule has 90 valence electrons. The van der Waals surface area contributed by atoms with Crippen molar-refractivity contribution < 1.29 is 41.4 Å². The van der Waals surface area contributed by atoms with Gasteiger partial charge in [0.25, 0.3) is 0 Å². The van der Waals surface area contributed by atoms with Crippen molar-refractivity contribution in [3.63, 3.8) is 0 Å². The summed E-state index contributed by atoms with van der Waals surface area (Å²) < 4.78 is 70.9. The fourth-order valence-electron chi connectivity index (χ4n) is 0.910. The molecule has 0 fully saturated rings. The fraction of sp³-hybridized carbons (Fsp3) is 0.833. The lowest BCUT2D eigenvalue weighted by atomic mass is 9.98. The van der Waals surface area contributed by atoms with E-state index in [-0.39, 0.29) is 0 Å². The van der Waals surface area contributed by atoms with Gasteiger partial charge in [0.05, 0.1) is 6.10 Å². The van der Waals surface area contributed by atoms with Crippen molar-refractivity contribution >= 4 is 5.97 Å². The third-order valence-electron chi connectivity index (χ3n) is 1.47. The van der Waals surface area contributed by atoms with E-state index in [4.69, 9.17) is 5.11 Å². The maximum atomic E-state index is 11.8. The first-order valence-corrected chi connectivity index (χ1v) is 3.47. The van der Waals surface area contributed by atoms with Crippen molar-refractivity contribution in [2.24, 2.45) is 5.92 Å². The lowest BCUT2D eigenvalue weighted by Gasteiger charge is -2.27. The molecule has 0 aliphatic carbocycles. The second kappa shape index (κ2) is 4.25. The van der Waals surface area contributed by atoms with E-state index in [1.54, 1.807) is 0 Å². The number of alkyl halides is 6. The molecule has 15 heavy (non-hydrogen) atoms. The highest BCUT2D eigenvalue weighted by atomic mass is 19.4. The number of aliphatic hydroxyl groups is 1. The van der Waals surface area contributed by atoms with Gasteiger partial charge in [0.15, 0.2) is 5.92 Å². The molecule has 0 aromatic rings. The van der Waals surface area contributed by atoms with Crippen molar-refractivity contribution in [3.05, 3.63) is 0 Å². The van der Waals surface area contributed by atoms with E-state index in [0.717, 1.165) is 0 Å². The number of rotatable bonds is 3. The van der Waals surface area contributed by atoms with Gasteiger partial charge in [-0.3, -0.25) is 0 Å². The van der Waals surface area contributed by atoms with Gasteiger partial charge in [0.2, 0.25) is 0 Å². The van der Waals surface area contributed by atoms with Gasteiger partial charge in [0, 0.05) is 12.4 Å². The molecule has 0 spiro atoms. The second-order valence-corrected chi connectivity index (χ2v) is 2.70. The summed E-state index contributed by atoms with van der Waals surface area (Å²) >= 11 is 0. The molecule has 0 unspecified atom stereocenters. The normalized spacial score (nSPS) is 15.5. The zero-order valence-electron chi connectivity index (χ0n) is 6.89. The Morgan fingerprint density at radius 2 is 1.47 bits per heavy atom. The van der Waals surface area contributed by atoms with Crippen molar-refractivity contribution in [1.29, 1.82) is 0 Å². The number of carbonyl (C=O) groups is 1. The molecule has 1 N–H and O–H groups in total. The SMILES string of the molecule is O=C([O-])C[C@@H](O)C(C(F)(F)F)C(F)(F)F. The Hall–Kier alpha value is -0.990. The highest BCUT2D eigenvalue weighted by Gasteiger charge is 2.59. The Kier molecular flexibility index (Phi) is 3.97. The highest BCUT2D eigenvalue weighted by Crippen LogP contribution is 2.41. The summed E-state index contributed by atoms with van der Waals surface area (Å²) in [7, 11) is 0. The molecule has 0 amide bonds. The van der Waals surface area contributed by atoms with Gasteiger partial charge < -0.3 is 15.0 Å². The lowest BCUT2D eigenvalue weighted by molar-refractivity contribution is -0.321. The Bertz CT molecular complexity index is 218. The fourth-order valence-corrected chi connectivity index (χ4v) is 0.910. The maximum absolute atomic E-state index is 11.8. The standard InChI is InChI=1S/C6H6F6O3/c7-5(8,9)4(6(10,11)12)2(13)1-3(14)15/h2,4,13H,1H2,(H,14,15)/p-1/t2-/m1/s1. The smallest absolute Gasteiger partial charge is 0.403 e. The predicted molar refractivity (Wildman–Crippen MR) is 31.2 cm³/mol. The average molecular weight is 239 g/mol. The van der Waals surface area contributed by atoms with Crippen LogP contribution in [0.5, 0.6) is 0 Å². The summed E-state index contributed by atoms with van der Waals surface area (Å²) in [4.78, 5) is 9.76. The van der Waals surface area contributed by atoms with Crippen LogP contribution in [-0.2, 0) is 4.79 Å². The van der Waals surface area contributed by atoms with E-state index in [1.165, 1.54) is 0 Å².